The molecule has 0 aliphatic carbocycles. The highest BCUT2D eigenvalue weighted by Crippen LogP contribution is 2.38. The zero-order valence-corrected chi connectivity index (χ0v) is 11.4. The zero-order valence-electron chi connectivity index (χ0n) is 9.79. The largest absolute Gasteiger partial charge is 0.490 e. The highest BCUT2D eigenvalue weighted by atomic mass is 79.9. The van der Waals surface area contributed by atoms with E-state index in [1.54, 1.807) is 6.92 Å². The van der Waals surface area contributed by atoms with Crippen LogP contribution in [0.15, 0.2) is 16.6 Å². The van der Waals surface area contributed by atoms with Crippen LogP contribution in [0.1, 0.15) is 32.4 Å². The molecule has 0 amide bonds. The molecular formula is C12H17BrO3. The van der Waals surface area contributed by atoms with Crippen LogP contribution < -0.4 is 9.47 Å². The Kier molecular flexibility index (Phi) is 5.09. The Morgan fingerprint density at radius 1 is 1.25 bits per heavy atom. The highest BCUT2D eigenvalue weighted by molar-refractivity contribution is 9.10. The Morgan fingerprint density at radius 3 is 2.38 bits per heavy atom. The van der Waals surface area contributed by atoms with Crippen molar-refractivity contribution in [2.75, 3.05) is 13.2 Å². The number of hydrogen-bond acceptors (Lipinski definition) is 3. The van der Waals surface area contributed by atoms with Gasteiger partial charge < -0.3 is 14.6 Å². The van der Waals surface area contributed by atoms with Gasteiger partial charge in [-0.15, -0.1) is 0 Å². The molecule has 16 heavy (non-hydrogen) atoms. The van der Waals surface area contributed by atoms with Crippen LogP contribution in [0.25, 0.3) is 0 Å². The van der Waals surface area contributed by atoms with Gasteiger partial charge in [-0.3, -0.25) is 0 Å². The number of ether oxygens (including phenoxy) is 2. The molecule has 0 aliphatic heterocycles. The molecule has 0 saturated heterocycles. The van der Waals surface area contributed by atoms with Crippen molar-refractivity contribution in [1.82, 2.24) is 0 Å². The summed E-state index contributed by atoms with van der Waals surface area (Å²) in [5, 5.41) is 9.54. The van der Waals surface area contributed by atoms with E-state index in [1.807, 2.05) is 26.0 Å². The van der Waals surface area contributed by atoms with Crippen LogP contribution in [0.5, 0.6) is 11.5 Å². The van der Waals surface area contributed by atoms with Crippen molar-refractivity contribution >= 4 is 15.9 Å². The van der Waals surface area contributed by atoms with Crippen molar-refractivity contribution in [1.29, 1.82) is 0 Å². The average molecular weight is 289 g/mol. The first-order valence-electron chi connectivity index (χ1n) is 5.37. The molecule has 4 heteroatoms. The summed E-state index contributed by atoms with van der Waals surface area (Å²) < 4.78 is 11.8. The summed E-state index contributed by atoms with van der Waals surface area (Å²) in [6.07, 6.45) is -0.522. The van der Waals surface area contributed by atoms with Gasteiger partial charge in [0.2, 0.25) is 0 Å². The molecule has 3 nitrogen and oxygen atoms in total. The fraction of sp³-hybridized carbons (Fsp3) is 0.500. The molecule has 0 bridgehead atoms. The SMILES string of the molecule is CCOc1cc(C(C)O)cc(Br)c1OCC. The van der Waals surface area contributed by atoms with E-state index < -0.39 is 6.10 Å². The normalized spacial score (nSPS) is 12.3. The van der Waals surface area contributed by atoms with Gasteiger partial charge in [0, 0.05) is 0 Å². The third-order valence-corrected chi connectivity index (χ3v) is 2.69. The molecule has 1 rings (SSSR count). The van der Waals surface area contributed by atoms with Gasteiger partial charge in [-0.25, -0.2) is 0 Å². The Balaban J connectivity index is 3.16. The van der Waals surface area contributed by atoms with Crippen LogP contribution in [0.4, 0.5) is 0 Å². The molecular weight excluding hydrogens is 272 g/mol. The third kappa shape index (κ3) is 3.12. The second kappa shape index (κ2) is 6.11. The summed E-state index contributed by atoms with van der Waals surface area (Å²) in [5.74, 6) is 1.35. The topological polar surface area (TPSA) is 38.7 Å². The molecule has 1 unspecified atom stereocenters. The minimum absolute atomic E-state index is 0.522. The maximum absolute atomic E-state index is 9.54. The highest BCUT2D eigenvalue weighted by Gasteiger charge is 2.13. The van der Waals surface area contributed by atoms with Crippen molar-refractivity contribution in [3.05, 3.63) is 22.2 Å². The molecule has 0 fully saturated rings. The van der Waals surface area contributed by atoms with Crippen LogP contribution in [0.2, 0.25) is 0 Å². The van der Waals surface area contributed by atoms with Crippen LogP contribution >= 0.6 is 15.9 Å². The predicted molar refractivity (Wildman–Crippen MR) is 67.1 cm³/mol. The number of hydrogen-bond donors (Lipinski definition) is 1. The lowest BCUT2D eigenvalue weighted by Gasteiger charge is -2.15. The predicted octanol–water partition coefficient (Wildman–Crippen LogP) is 3.30. The first-order chi connectivity index (χ1) is 7.60. The Hall–Kier alpha value is -0.740. The summed E-state index contributed by atoms with van der Waals surface area (Å²) >= 11 is 3.42. The van der Waals surface area contributed by atoms with Gasteiger partial charge in [-0.1, -0.05) is 0 Å². The zero-order chi connectivity index (χ0) is 12.1. The molecule has 90 valence electrons. The third-order valence-electron chi connectivity index (χ3n) is 2.10. The molecule has 1 aromatic carbocycles. The van der Waals surface area contributed by atoms with E-state index in [0.29, 0.717) is 24.7 Å². The van der Waals surface area contributed by atoms with Crippen LogP contribution in [0, 0.1) is 0 Å². The van der Waals surface area contributed by atoms with Crippen LogP contribution in [0.3, 0.4) is 0 Å². The lowest BCUT2D eigenvalue weighted by Crippen LogP contribution is -2.01. The van der Waals surface area contributed by atoms with Crippen LogP contribution in [-0.4, -0.2) is 18.3 Å². The van der Waals surface area contributed by atoms with E-state index in [9.17, 15) is 5.11 Å². The van der Waals surface area contributed by atoms with Crippen molar-refractivity contribution in [3.63, 3.8) is 0 Å². The fourth-order valence-electron chi connectivity index (χ4n) is 1.38. The van der Waals surface area contributed by atoms with Gasteiger partial charge in [0.25, 0.3) is 0 Å². The molecule has 0 radical (unpaired) electrons. The molecule has 0 heterocycles. The lowest BCUT2D eigenvalue weighted by molar-refractivity contribution is 0.198. The first-order valence-corrected chi connectivity index (χ1v) is 6.16. The maximum atomic E-state index is 9.54. The first kappa shape index (κ1) is 13.3. The average Bonchev–Trinajstić information content (AvgIpc) is 2.23. The molecule has 1 N–H and O–H groups in total. The molecule has 1 atom stereocenters. The van der Waals surface area contributed by atoms with E-state index >= 15 is 0 Å². The van der Waals surface area contributed by atoms with Crippen molar-refractivity contribution < 1.29 is 14.6 Å². The number of halogens is 1. The Labute approximate surface area is 105 Å². The van der Waals surface area contributed by atoms with E-state index in [4.69, 9.17) is 9.47 Å². The molecule has 0 saturated carbocycles. The molecule has 0 aromatic heterocycles. The second-order valence-corrected chi connectivity index (χ2v) is 4.23. The van der Waals surface area contributed by atoms with E-state index in [2.05, 4.69) is 15.9 Å². The summed E-state index contributed by atoms with van der Waals surface area (Å²) in [5.41, 5.74) is 0.804. The number of aliphatic hydroxyl groups is 1. The summed E-state index contributed by atoms with van der Waals surface area (Å²) in [4.78, 5) is 0. The Bertz CT molecular complexity index is 350. The summed E-state index contributed by atoms with van der Waals surface area (Å²) in [6.45, 7) is 6.70. The van der Waals surface area contributed by atoms with Crippen molar-refractivity contribution in [2.45, 2.75) is 26.9 Å². The number of rotatable bonds is 5. The fourth-order valence-corrected chi connectivity index (χ4v) is 1.95. The van der Waals surface area contributed by atoms with E-state index in [0.717, 1.165) is 10.0 Å². The van der Waals surface area contributed by atoms with Crippen molar-refractivity contribution in [2.24, 2.45) is 0 Å². The standard InChI is InChI=1S/C12H17BrO3/c1-4-15-11-7-9(8(3)14)6-10(13)12(11)16-5-2/h6-8,14H,4-5H2,1-3H3. The van der Waals surface area contributed by atoms with Gasteiger partial charge in [-0.2, -0.15) is 0 Å². The number of benzene rings is 1. The van der Waals surface area contributed by atoms with Crippen molar-refractivity contribution in [3.8, 4) is 11.5 Å². The van der Waals surface area contributed by atoms with E-state index in [1.165, 1.54) is 0 Å². The molecule has 1 aromatic rings. The number of aliphatic hydroxyl groups excluding tert-OH is 1. The smallest absolute Gasteiger partial charge is 0.175 e. The van der Waals surface area contributed by atoms with E-state index in [-0.39, 0.29) is 0 Å². The van der Waals surface area contributed by atoms with Crippen LogP contribution in [-0.2, 0) is 0 Å². The van der Waals surface area contributed by atoms with Gasteiger partial charge in [0.1, 0.15) is 0 Å². The monoisotopic (exact) mass is 288 g/mol. The summed E-state index contributed by atoms with van der Waals surface area (Å²) in [7, 11) is 0. The minimum atomic E-state index is -0.522. The molecule has 0 spiro atoms. The van der Waals surface area contributed by atoms with Gasteiger partial charge in [-0.05, 0) is 54.4 Å². The van der Waals surface area contributed by atoms with Gasteiger partial charge in [0.15, 0.2) is 11.5 Å². The quantitative estimate of drug-likeness (QED) is 0.904. The van der Waals surface area contributed by atoms with Gasteiger partial charge in [0.05, 0.1) is 23.8 Å². The van der Waals surface area contributed by atoms with Gasteiger partial charge >= 0.3 is 0 Å². The lowest BCUT2D eigenvalue weighted by atomic mass is 10.1. The molecule has 0 aliphatic rings. The maximum Gasteiger partial charge on any atom is 0.175 e. The summed E-state index contributed by atoms with van der Waals surface area (Å²) in [6, 6.07) is 3.65. The Morgan fingerprint density at radius 2 is 1.88 bits per heavy atom. The minimum Gasteiger partial charge on any atom is -0.490 e. The second-order valence-electron chi connectivity index (χ2n) is 3.37.